The Balaban J connectivity index is 2.36. The van der Waals surface area contributed by atoms with E-state index in [1.165, 1.54) is 25.3 Å². The Morgan fingerprint density at radius 3 is 2.76 bits per heavy atom. The monoisotopic (exact) mass is 348 g/mol. The van der Waals surface area contributed by atoms with Gasteiger partial charge in [0.15, 0.2) is 0 Å². The number of nitriles is 1. The molecule has 2 rings (SSSR count). The fraction of sp³-hybridized carbons (Fsp3) is 0.0667. The number of hydrogen-bond donors (Lipinski definition) is 1. The average molecular weight is 349 g/mol. The van der Waals surface area contributed by atoms with Crippen molar-refractivity contribution in [1.29, 1.82) is 5.26 Å². The molecule has 6 heteroatoms. The number of ether oxygens (including phenoxy) is 1. The topological polar surface area (TPSA) is 62.1 Å². The lowest BCUT2D eigenvalue weighted by Crippen LogP contribution is -2.14. The maximum absolute atomic E-state index is 13.2. The van der Waals surface area contributed by atoms with E-state index < -0.39 is 11.7 Å². The van der Waals surface area contributed by atoms with E-state index in [1.807, 2.05) is 6.07 Å². The zero-order chi connectivity index (χ0) is 15.4. The highest BCUT2D eigenvalue weighted by molar-refractivity contribution is 9.10. The number of benzene rings is 2. The Bertz CT molecular complexity index is 741. The minimum Gasteiger partial charge on any atom is -0.495 e. The van der Waals surface area contributed by atoms with Crippen LogP contribution < -0.4 is 10.1 Å². The zero-order valence-electron chi connectivity index (χ0n) is 11.0. The summed E-state index contributed by atoms with van der Waals surface area (Å²) in [5.41, 5.74) is 0.829. The van der Waals surface area contributed by atoms with Crippen LogP contribution in [0.3, 0.4) is 0 Å². The second-order valence-electron chi connectivity index (χ2n) is 4.08. The van der Waals surface area contributed by atoms with Gasteiger partial charge in [0.25, 0.3) is 5.91 Å². The summed E-state index contributed by atoms with van der Waals surface area (Å²) in [5.74, 6) is -0.540. The lowest BCUT2D eigenvalue weighted by Gasteiger charge is -2.11. The molecule has 21 heavy (non-hydrogen) atoms. The predicted octanol–water partition coefficient (Wildman–Crippen LogP) is 3.72. The first-order valence-electron chi connectivity index (χ1n) is 5.90. The van der Waals surface area contributed by atoms with E-state index in [4.69, 9.17) is 10.00 Å². The zero-order valence-corrected chi connectivity index (χ0v) is 12.6. The fourth-order valence-corrected chi connectivity index (χ4v) is 2.13. The largest absolute Gasteiger partial charge is 0.495 e. The molecule has 0 unspecified atom stereocenters. The van der Waals surface area contributed by atoms with Gasteiger partial charge in [-0.1, -0.05) is 6.07 Å². The van der Waals surface area contributed by atoms with Crippen molar-refractivity contribution < 1.29 is 13.9 Å². The molecule has 0 atom stereocenters. The molecule has 0 spiro atoms. The third-order valence-electron chi connectivity index (χ3n) is 2.79. The number of rotatable bonds is 3. The van der Waals surface area contributed by atoms with Crippen molar-refractivity contribution in [2.75, 3.05) is 12.4 Å². The average Bonchev–Trinajstić information content (AvgIpc) is 2.50. The number of carbonyl (C=O) groups is 1. The van der Waals surface area contributed by atoms with Crippen LogP contribution in [0.1, 0.15) is 15.9 Å². The summed E-state index contributed by atoms with van der Waals surface area (Å²) in [7, 11) is 1.45. The van der Waals surface area contributed by atoms with Gasteiger partial charge in [0.1, 0.15) is 23.3 Å². The number of methoxy groups -OCH3 is 1. The standard InChI is InChI=1S/C15H10BrFN2O2/c1-21-13-4-2-3-10(8-18)14(13)19-15(20)9-5-6-12(17)11(16)7-9/h2-7H,1H3,(H,19,20). The summed E-state index contributed by atoms with van der Waals surface area (Å²) in [6.45, 7) is 0. The highest BCUT2D eigenvalue weighted by Gasteiger charge is 2.14. The molecule has 0 bridgehead atoms. The number of amides is 1. The maximum Gasteiger partial charge on any atom is 0.255 e. The van der Waals surface area contributed by atoms with E-state index in [1.54, 1.807) is 18.2 Å². The minimum atomic E-state index is -0.461. The predicted molar refractivity (Wildman–Crippen MR) is 79.8 cm³/mol. The molecular formula is C15H10BrFN2O2. The van der Waals surface area contributed by atoms with Gasteiger partial charge in [0.2, 0.25) is 0 Å². The smallest absolute Gasteiger partial charge is 0.255 e. The van der Waals surface area contributed by atoms with Crippen molar-refractivity contribution >= 4 is 27.5 Å². The summed E-state index contributed by atoms with van der Waals surface area (Å²) < 4.78 is 18.5. The number of nitrogens with zero attached hydrogens (tertiary/aromatic N) is 1. The molecular weight excluding hydrogens is 339 g/mol. The van der Waals surface area contributed by atoms with Gasteiger partial charge in [-0.3, -0.25) is 4.79 Å². The minimum absolute atomic E-state index is 0.190. The van der Waals surface area contributed by atoms with Gasteiger partial charge in [0.05, 0.1) is 17.1 Å². The van der Waals surface area contributed by atoms with Crippen LogP contribution in [-0.2, 0) is 0 Å². The summed E-state index contributed by atoms with van der Waals surface area (Å²) in [4.78, 5) is 12.2. The van der Waals surface area contributed by atoms with E-state index in [9.17, 15) is 9.18 Å². The first-order valence-corrected chi connectivity index (χ1v) is 6.69. The van der Waals surface area contributed by atoms with E-state index in [0.29, 0.717) is 5.75 Å². The van der Waals surface area contributed by atoms with Crippen molar-refractivity contribution in [3.63, 3.8) is 0 Å². The number of anilines is 1. The van der Waals surface area contributed by atoms with Crippen LogP contribution in [-0.4, -0.2) is 13.0 Å². The van der Waals surface area contributed by atoms with Gasteiger partial charge in [-0.05, 0) is 46.3 Å². The van der Waals surface area contributed by atoms with E-state index in [0.717, 1.165) is 0 Å². The lowest BCUT2D eigenvalue weighted by molar-refractivity contribution is 0.102. The molecule has 4 nitrogen and oxygen atoms in total. The second-order valence-corrected chi connectivity index (χ2v) is 4.93. The first-order chi connectivity index (χ1) is 10.1. The van der Waals surface area contributed by atoms with Gasteiger partial charge in [-0.2, -0.15) is 5.26 Å². The normalized spacial score (nSPS) is 9.81. The highest BCUT2D eigenvalue weighted by Crippen LogP contribution is 2.28. The highest BCUT2D eigenvalue weighted by atomic mass is 79.9. The SMILES string of the molecule is COc1cccc(C#N)c1NC(=O)c1ccc(F)c(Br)c1. The molecule has 0 radical (unpaired) electrons. The van der Waals surface area contributed by atoms with Gasteiger partial charge in [0, 0.05) is 5.56 Å². The van der Waals surface area contributed by atoms with Crippen molar-refractivity contribution in [2.45, 2.75) is 0 Å². The molecule has 0 saturated heterocycles. The number of carbonyl (C=O) groups excluding carboxylic acids is 1. The van der Waals surface area contributed by atoms with Crippen LogP contribution >= 0.6 is 15.9 Å². The third-order valence-corrected chi connectivity index (χ3v) is 3.39. The lowest BCUT2D eigenvalue weighted by atomic mass is 10.1. The van der Waals surface area contributed by atoms with Crippen molar-refractivity contribution in [3.05, 3.63) is 57.8 Å². The molecule has 0 aliphatic carbocycles. The molecule has 1 N–H and O–H groups in total. The van der Waals surface area contributed by atoms with E-state index >= 15 is 0 Å². The van der Waals surface area contributed by atoms with Gasteiger partial charge in [-0.25, -0.2) is 4.39 Å². The van der Waals surface area contributed by atoms with E-state index in [-0.39, 0.29) is 21.3 Å². The van der Waals surface area contributed by atoms with Crippen molar-refractivity contribution in [3.8, 4) is 11.8 Å². The van der Waals surface area contributed by atoms with Crippen LogP contribution in [0.15, 0.2) is 40.9 Å². The van der Waals surface area contributed by atoms with Crippen LogP contribution in [0, 0.1) is 17.1 Å². The number of hydrogen-bond acceptors (Lipinski definition) is 3. The Labute approximate surface area is 129 Å². The molecule has 2 aromatic rings. The molecule has 106 valence electrons. The first kappa shape index (κ1) is 15.0. The van der Waals surface area contributed by atoms with E-state index in [2.05, 4.69) is 21.2 Å². The molecule has 2 aromatic carbocycles. The summed E-state index contributed by atoms with van der Waals surface area (Å²) in [6.07, 6.45) is 0. The Morgan fingerprint density at radius 2 is 2.14 bits per heavy atom. The number of para-hydroxylation sites is 1. The van der Waals surface area contributed by atoms with Gasteiger partial charge >= 0.3 is 0 Å². The quantitative estimate of drug-likeness (QED) is 0.919. The Kier molecular flexibility index (Phi) is 4.55. The van der Waals surface area contributed by atoms with Gasteiger partial charge < -0.3 is 10.1 Å². The third kappa shape index (κ3) is 3.20. The Hall–Kier alpha value is -2.39. The maximum atomic E-state index is 13.2. The number of nitrogens with one attached hydrogen (secondary N) is 1. The summed E-state index contributed by atoms with van der Waals surface area (Å²) in [5, 5.41) is 11.7. The van der Waals surface area contributed by atoms with Crippen LogP contribution in [0.5, 0.6) is 5.75 Å². The van der Waals surface area contributed by atoms with Crippen molar-refractivity contribution in [2.24, 2.45) is 0 Å². The second kappa shape index (κ2) is 6.37. The summed E-state index contributed by atoms with van der Waals surface area (Å²) in [6, 6.07) is 10.8. The Morgan fingerprint density at radius 1 is 1.38 bits per heavy atom. The molecule has 0 saturated carbocycles. The van der Waals surface area contributed by atoms with Crippen LogP contribution in [0.25, 0.3) is 0 Å². The molecule has 0 aliphatic rings. The summed E-state index contributed by atoms with van der Waals surface area (Å²) >= 11 is 3.02. The van der Waals surface area contributed by atoms with Crippen molar-refractivity contribution in [1.82, 2.24) is 0 Å². The molecule has 0 heterocycles. The van der Waals surface area contributed by atoms with Gasteiger partial charge in [-0.15, -0.1) is 0 Å². The molecule has 0 fully saturated rings. The molecule has 1 amide bonds. The number of halogens is 2. The van der Waals surface area contributed by atoms with Crippen LogP contribution in [0.4, 0.5) is 10.1 Å². The molecule has 0 aromatic heterocycles. The fourth-order valence-electron chi connectivity index (χ4n) is 1.75. The van der Waals surface area contributed by atoms with Crippen LogP contribution in [0.2, 0.25) is 0 Å². The molecule has 0 aliphatic heterocycles.